The lowest BCUT2D eigenvalue weighted by Gasteiger charge is -2.26. The first-order valence-corrected chi connectivity index (χ1v) is 11.5. The van der Waals surface area contributed by atoms with Gasteiger partial charge in [0.1, 0.15) is 35.4 Å². The molecule has 0 saturated heterocycles. The van der Waals surface area contributed by atoms with Gasteiger partial charge in [0, 0.05) is 11.3 Å². The molecule has 0 saturated carbocycles. The van der Waals surface area contributed by atoms with Crippen LogP contribution in [0, 0.1) is 0 Å². The predicted octanol–water partition coefficient (Wildman–Crippen LogP) is 2.46. The molecule has 2 atom stereocenters. The van der Waals surface area contributed by atoms with E-state index >= 15 is 0 Å². The monoisotopic (exact) mass is 513 g/mol. The molecule has 0 bridgehead atoms. The number of carbonyl (C=O) groups excluding carboxylic acids is 5. The third kappa shape index (κ3) is 16.3. The van der Waals surface area contributed by atoms with Crippen molar-refractivity contribution in [3.8, 4) is 0 Å². The largest absolute Gasteiger partial charge is 0.460 e. The predicted molar refractivity (Wildman–Crippen MR) is 129 cm³/mol. The fraction of sp³-hybridized carbons (Fsp3) is 0.783. The summed E-state index contributed by atoms with van der Waals surface area (Å²) in [7, 11) is 0. The lowest BCUT2D eigenvalue weighted by Crippen LogP contribution is -2.50. The minimum atomic E-state index is -1.42. The molecule has 0 aliphatic rings. The minimum Gasteiger partial charge on any atom is -0.460 e. The standard InChI is InChI=1S/C23H39N5O8/c1-21(2,3)34-18(31)11-10-14(19(32)35-22(4,5)6)26-16(29)12-15(20(33)36-23(7,8)9)27-17(30)13-25-28-24/h14-15H,10-13H2,1-9H3,(H,26,29)(H,27,30). The normalized spacial score (nSPS) is 13.4. The Hall–Kier alpha value is -3.34. The van der Waals surface area contributed by atoms with Crippen LogP contribution in [0.4, 0.5) is 0 Å². The van der Waals surface area contributed by atoms with Crippen LogP contribution in [-0.2, 0) is 38.2 Å². The van der Waals surface area contributed by atoms with E-state index in [1.165, 1.54) is 0 Å². The summed E-state index contributed by atoms with van der Waals surface area (Å²) in [5, 5.41) is 7.87. The molecule has 36 heavy (non-hydrogen) atoms. The first-order chi connectivity index (χ1) is 16.2. The minimum absolute atomic E-state index is 0.115. The van der Waals surface area contributed by atoms with Crippen molar-refractivity contribution in [3.63, 3.8) is 0 Å². The SMILES string of the molecule is CC(C)(C)OC(=O)CCC(NC(=O)CC(NC(=O)CN=[N+]=[N-])C(=O)OC(C)(C)C)C(=O)OC(C)(C)C. The van der Waals surface area contributed by atoms with Crippen LogP contribution in [0.1, 0.15) is 81.6 Å². The third-order valence-electron chi connectivity index (χ3n) is 3.78. The number of esters is 3. The van der Waals surface area contributed by atoms with Gasteiger partial charge in [0.2, 0.25) is 11.8 Å². The average molecular weight is 514 g/mol. The summed E-state index contributed by atoms with van der Waals surface area (Å²) in [6.45, 7) is 14.3. The number of hydrogen-bond acceptors (Lipinski definition) is 9. The van der Waals surface area contributed by atoms with Gasteiger partial charge in [-0.1, -0.05) is 5.11 Å². The summed E-state index contributed by atoms with van der Waals surface area (Å²) < 4.78 is 15.9. The maximum absolute atomic E-state index is 12.8. The molecule has 0 rings (SSSR count). The van der Waals surface area contributed by atoms with Gasteiger partial charge < -0.3 is 24.8 Å². The van der Waals surface area contributed by atoms with Gasteiger partial charge in [-0.15, -0.1) is 0 Å². The van der Waals surface area contributed by atoms with Crippen LogP contribution >= 0.6 is 0 Å². The van der Waals surface area contributed by atoms with Gasteiger partial charge in [0.15, 0.2) is 0 Å². The molecule has 0 heterocycles. The van der Waals surface area contributed by atoms with Gasteiger partial charge in [0.05, 0.1) is 6.42 Å². The molecule has 0 aliphatic carbocycles. The van der Waals surface area contributed by atoms with E-state index in [-0.39, 0.29) is 12.8 Å². The number of nitrogens with zero attached hydrogens (tertiary/aromatic N) is 3. The molecule has 0 aromatic rings. The lowest BCUT2D eigenvalue weighted by atomic mass is 10.1. The van der Waals surface area contributed by atoms with E-state index in [0.717, 1.165) is 0 Å². The number of amides is 2. The van der Waals surface area contributed by atoms with Crippen LogP contribution in [0.25, 0.3) is 10.4 Å². The molecule has 0 aliphatic heterocycles. The summed E-state index contributed by atoms with van der Waals surface area (Å²) in [5.74, 6) is -3.82. The zero-order valence-corrected chi connectivity index (χ0v) is 22.6. The van der Waals surface area contributed by atoms with E-state index in [9.17, 15) is 24.0 Å². The molecule has 0 aromatic heterocycles. The zero-order valence-electron chi connectivity index (χ0n) is 22.6. The van der Waals surface area contributed by atoms with Gasteiger partial charge >= 0.3 is 17.9 Å². The highest BCUT2D eigenvalue weighted by Gasteiger charge is 2.32. The molecule has 204 valence electrons. The highest BCUT2D eigenvalue weighted by Crippen LogP contribution is 2.15. The molecule has 0 spiro atoms. The fourth-order valence-electron chi connectivity index (χ4n) is 2.62. The second-order valence-electron chi connectivity index (χ2n) is 11.0. The molecule has 13 nitrogen and oxygen atoms in total. The number of rotatable bonds is 11. The number of carbonyl (C=O) groups is 5. The molecular weight excluding hydrogens is 474 g/mol. The molecular formula is C23H39N5O8. The van der Waals surface area contributed by atoms with Gasteiger partial charge in [-0.2, -0.15) is 0 Å². The summed E-state index contributed by atoms with van der Waals surface area (Å²) >= 11 is 0. The molecule has 2 unspecified atom stereocenters. The summed E-state index contributed by atoms with van der Waals surface area (Å²) in [6, 6.07) is -2.64. The van der Waals surface area contributed by atoms with Gasteiger partial charge in [-0.25, -0.2) is 9.59 Å². The number of ether oxygens (including phenoxy) is 3. The van der Waals surface area contributed by atoms with Crippen molar-refractivity contribution in [2.45, 2.75) is 110 Å². The molecule has 2 amide bonds. The van der Waals surface area contributed by atoms with Crippen molar-refractivity contribution in [1.82, 2.24) is 10.6 Å². The van der Waals surface area contributed by atoms with E-state index in [1.54, 1.807) is 62.3 Å². The Morgan fingerprint density at radius 2 is 1.19 bits per heavy atom. The number of azide groups is 1. The van der Waals surface area contributed by atoms with Crippen molar-refractivity contribution >= 4 is 29.7 Å². The third-order valence-corrected chi connectivity index (χ3v) is 3.78. The maximum Gasteiger partial charge on any atom is 0.329 e. The van der Waals surface area contributed by atoms with Crippen LogP contribution in [-0.4, -0.2) is 65.2 Å². The van der Waals surface area contributed by atoms with Crippen LogP contribution in [0.15, 0.2) is 5.11 Å². The Labute approximate surface area is 211 Å². The van der Waals surface area contributed by atoms with E-state index in [2.05, 4.69) is 20.7 Å². The number of nitrogens with one attached hydrogen (secondary N) is 2. The zero-order chi connectivity index (χ0) is 28.3. The number of hydrogen-bond donors (Lipinski definition) is 2. The second-order valence-corrected chi connectivity index (χ2v) is 11.0. The average Bonchev–Trinajstić information content (AvgIpc) is 2.64. The van der Waals surface area contributed by atoms with Crippen LogP contribution in [0.3, 0.4) is 0 Å². The molecule has 13 heteroatoms. The second kappa shape index (κ2) is 13.7. The first kappa shape index (κ1) is 32.7. The topological polar surface area (TPSA) is 186 Å². The fourth-order valence-corrected chi connectivity index (χ4v) is 2.62. The van der Waals surface area contributed by atoms with Gasteiger partial charge in [-0.05, 0) is 74.3 Å². The highest BCUT2D eigenvalue weighted by atomic mass is 16.6. The maximum atomic E-state index is 12.8. The smallest absolute Gasteiger partial charge is 0.329 e. The Kier molecular flexibility index (Phi) is 12.4. The van der Waals surface area contributed by atoms with Crippen molar-refractivity contribution < 1.29 is 38.2 Å². The molecule has 0 aromatic carbocycles. The molecule has 0 radical (unpaired) electrons. The van der Waals surface area contributed by atoms with Crippen molar-refractivity contribution in [2.75, 3.05) is 6.54 Å². The van der Waals surface area contributed by atoms with Crippen molar-refractivity contribution in [1.29, 1.82) is 0 Å². The molecule has 2 N–H and O–H groups in total. The van der Waals surface area contributed by atoms with E-state index in [0.29, 0.717) is 0 Å². The van der Waals surface area contributed by atoms with E-state index < -0.39 is 71.6 Å². The summed E-state index contributed by atoms with van der Waals surface area (Å²) in [6.07, 6.45) is -0.877. The lowest BCUT2D eigenvalue weighted by molar-refractivity contribution is -0.160. The van der Waals surface area contributed by atoms with Crippen molar-refractivity contribution in [2.24, 2.45) is 5.11 Å². The van der Waals surface area contributed by atoms with Crippen LogP contribution in [0.5, 0.6) is 0 Å². The Morgan fingerprint density at radius 1 is 0.750 bits per heavy atom. The Balaban J connectivity index is 5.58. The van der Waals surface area contributed by atoms with E-state index in [1.807, 2.05) is 0 Å². The van der Waals surface area contributed by atoms with Crippen molar-refractivity contribution in [3.05, 3.63) is 10.4 Å². The quantitative estimate of drug-likeness (QED) is 0.139. The van der Waals surface area contributed by atoms with E-state index in [4.69, 9.17) is 19.7 Å². The Bertz CT molecular complexity index is 861. The first-order valence-electron chi connectivity index (χ1n) is 11.5. The summed E-state index contributed by atoms with van der Waals surface area (Å²) in [5.41, 5.74) is 5.89. The highest BCUT2D eigenvalue weighted by molar-refractivity contribution is 5.91. The Morgan fingerprint density at radius 3 is 1.64 bits per heavy atom. The van der Waals surface area contributed by atoms with Gasteiger partial charge in [0.25, 0.3) is 0 Å². The van der Waals surface area contributed by atoms with Crippen LogP contribution < -0.4 is 10.6 Å². The van der Waals surface area contributed by atoms with Crippen LogP contribution in [0.2, 0.25) is 0 Å². The van der Waals surface area contributed by atoms with Gasteiger partial charge in [-0.3, -0.25) is 14.4 Å². The summed E-state index contributed by atoms with van der Waals surface area (Å²) in [4.78, 5) is 64.7. The molecule has 0 fully saturated rings.